The second-order valence-electron chi connectivity index (χ2n) is 8.93. The molecule has 0 fully saturated rings. The molecule has 2 aromatic carbocycles. The summed E-state index contributed by atoms with van der Waals surface area (Å²) >= 11 is 0. The summed E-state index contributed by atoms with van der Waals surface area (Å²) in [5, 5.41) is 12.5. The maximum atomic E-state index is 12.7. The van der Waals surface area contributed by atoms with Crippen molar-refractivity contribution < 1.29 is 33.3 Å². The van der Waals surface area contributed by atoms with Gasteiger partial charge < -0.3 is 34.7 Å². The van der Waals surface area contributed by atoms with Gasteiger partial charge in [0.1, 0.15) is 11.4 Å². The van der Waals surface area contributed by atoms with Crippen molar-refractivity contribution in [2.45, 2.75) is 38.8 Å². The first-order valence-electron chi connectivity index (χ1n) is 11.3. The highest BCUT2D eigenvalue weighted by Crippen LogP contribution is 2.40. The van der Waals surface area contributed by atoms with Crippen LogP contribution in [0.25, 0.3) is 11.6 Å². The molecule has 1 atom stereocenters. The average molecular weight is 512 g/mol. The summed E-state index contributed by atoms with van der Waals surface area (Å²) in [7, 11) is 5.93. The Morgan fingerprint density at radius 3 is 2.08 bits per heavy atom. The minimum absolute atomic E-state index is 0.287. The molecule has 0 saturated heterocycles. The van der Waals surface area contributed by atoms with Gasteiger partial charge in [-0.25, -0.2) is 0 Å². The van der Waals surface area contributed by atoms with Crippen molar-refractivity contribution in [2.24, 2.45) is 5.73 Å². The van der Waals surface area contributed by atoms with Crippen LogP contribution >= 0.6 is 0 Å². The number of methoxy groups -OCH3 is 4. The fraction of sp³-hybridized carbons (Fsp3) is 0.370. The van der Waals surface area contributed by atoms with Crippen molar-refractivity contribution in [2.75, 3.05) is 33.8 Å². The number of nitrogens with zero attached hydrogens (tertiary/aromatic N) is 1. The third kappa shape index (κ3) is 7.88. The monoisotopic (exact) mass is 511 g/mol. The summed E-state index contributed by atoms with van der Waals surface area (Å²) in [4.78, 5) is 24.7. The van der Waals surface area contributed by atoms with E-state index in [-0.39, 0.29) is 6.42 Å². The quantitative estimate of drug-likeness (QED) is 0.277. The number of hydrogen-bond acceptors (Lipinski definition) is 9. The van der Waals surface area contributed by atoms with Crippen LogP contribution in [0.1, 0.15) is 38.3 Å². The number of amides is 1. The summed E-state index contributed by atoms with van der Waals surface area (Å²) in [6, 6.07) is 9.37. The highest BCUT2D eigenvalue weighted by Gasteiger charge is 2.23. The zero-order chi connectivity index (χ0) is 27.8. The van der Waals surface area contributed by atoms with Gasteiger partial charge in [-0.15, -0.1) is 0 Å². The van der Waals surface area contributed by atoms with Crippen LogP contribution in [0.3, 0.4) is 0 Å². The molecule has 2 rings (SSSR count). The highest BCUT2D eigenvalue weighted by molar-refractivity contribution is 5.99. The van der Waals surface area contributed by atoms with Gasteiger partial charge >= 0.3 is 5.97 Å². The molecule has 0 saturated carbocycles. The number of ether oxygens (including phenoxy) is 5. The maximum Gasteiger partial charge on any atom is 0.308 e. The van der Waals surface area contributed by atoms with Crippen LogP contribution in [0.4, 0.5) is 5.69 Å². The molecule has 3 N–H and O–H groups in total. The molecule has 0 aliphatic rings. The third-order valence-corrected chi connectivity index (χ3v) is 5.03. The Morgan fingerprint density at radius 1 is 1.00 bits per heavy atom. The number of carbonyl (C=O) groups excluding carboxylic acids is 2. The van der Waals surface area contributed by atoms with Crippen LogP contribution in [-0.2, 0) is 14.3 Å². The Hall–Kier alpha value is -4.23. The van der Waals surface area contributed by atoms with Gasteiger partial charge in [-0.3, -0.25) is 9.59 Å². The van der Waals surface area contributed by atoms with Gasteiger partial charge in [0, 0.05) is 0 Å². The number of anilines is 1. The fourth-order valence-corrected chi connectivity index (χ4v) is 3.38. The lowest BCUT2D eigenvalue weighted by Gasteiger charge is -2.21. The van der Waals surface area contributed by atoms with Gasteiger partial charge in [0.25, 0.3) is 0 Å². The second-order valence-corrected chi connectivity index (χ2v) is 8.93. The smallest absolute Gasteiger partial charge is 0.308 e. The van der Waals surface area contributed by atoms with Crippen LogP contribution in [0.2, 0.25) is 0 Å². The molecule has 10 nitrogen and oxygen atoms in total. The first-order valence-corrected chi connectivity index (χ1v) is 11.3. The molecule has 0 aliphatic heterocycles. The van der Waals surface area contributed by atoms with E-state index in [4.69, 9.17) is 29.4 Å². The first-order chi connectivity index (χ1) is 17.5. The molecule has 0 aliphatic carbocycles. The zero-order valence-electron chi connectivity index (χ0n) is 22.1. The molecule has 10 heteroatoms. The topological polar surface area (TPSA) is 142 Å². The van der Waals surface area contributed by atoms with E-state index in [0.717, 1.165) is 0 Å². The number of nitriles is 1. The Bertz CT molecular complexity index is 1180. The Labute approximate surface area is 216 Å². The number of benzene rings is 2. The zero-order valence-corrected chi connectivity index (χ0v) is 22.1. The van der Waals surface area contributed by atoms with Gasteiger partial charge in [-0.1, -0.05) is 6.07 Å². The van der Waals surface area contributed by atoms with E-state index in [1.807, 2.05) is 0 Å². The lowest BCUT2D eigenvalue weighted by atomic mass is 10.0. The molecule has 0 radical (unpaired) electrons. The van der Waals surface area contributed by atoms with E-state index in [2.05, 4.69) is 11.4 Å². The molecular weight excluding hydrogens is 478 g/mol. The minimum Gasteiger partial charge on any atom is -0.495 e. The number of hydrogen-bond donors (Lipinski definition) is 2. The number of nitrogens with one attached hydrogen (secondary N) is 1. The second kappa shape index (κ2) is 12.6. The third-order valence-electron chi connectivity index (χ3n) is 5.03. The van der Waals surface area contributed by atoms with Crippen LogP contribution in [-0.4, -0.2) is 52.0 Å². The predicted molar refractivity (Wildman–Crippen MR) is 140 cm³/mol. The van der Waals surface area contributed by atoms with Crippen molar-refractivity contribution in [3.8, 4) is 29.1 Å². The maximum absolute atomic E-state index is 12.7. The fourth-order valence-electron chi connectivity index (χ4n) is 3.38. The molecule has 2 aromatic rings. The molecule has 0 spiro atoms. The number of carbonyl (C=O) groups is 2. The van der Waals surface area contributed by atoms with Crippen LogP contribution in [0.5, 0.6) is 23.0 Å². The molecule has 198 valence electrons. The summed E-state index contributed by atoms with van der Waals surface area (Å²) in [6.45, 7) is 5.19. The average Bonchev–Trinajstić information content (AvgIpc) is 2.85. The Kier molecular flexibility index (Phi) is 9.91. The number of rotatable bonds is 10. The lowest BCUT2D eigenvalue weighted by Crippen LogP contribution is -2.39. The highest BCUT2D eigenvalue weighted by atomic mass is 16.6. The largest absolute Gasteiger partial charge is 0.495 e. The molecule has 1 unspecified atom stereocenters. The lowest BCUT2D eigenvalue weighted by molar-refractivity contribution is -0.155. The van der Waals surface area contributed by atoms with E-state index in [0.29, 0.717) is 45.4 Å². The minimum atomic E-state index is -1.13. The van der Waals surface area contributed by atoms with Crippen molar-refractivity contribution in [1.29, 1.82) is 5.26 Å². The summed E-state index contributed by atoms with van der Waals surface area (Å²) in [6.07, 6.45) is 1.35. The van der Waals surface area contributed by atoms with Crippen molar-refractivity contribution >= 4 is 29.2 Å². The van der Waals surface area contributed by atoms with E-state index >= 15 is 0 Å². The molecule has 0 heterocycles. The first kappa shape index (κ1) is 29.0. The van der Waals surface area contributed by atoms with Crippen LogP contribution < -0.4 is 30.0 Å². The van der Waals surface area contributed by atoms with Gasteiger partial charge in [-0.2, -0.15) is 5.26 Å². The molecule has 37 heavy (non-hydrogen) atoms. The standard InChI is InChI=1S/C27H33N3O7/c1-27(2,3)37-24(31)14-19(29)26(32)30-20-11-16(8-9-21(20)33-4)10-18(15-28)17-12-22(34-5)25(36-7)23(13-17)35-6/h8-13,19H,14,29H2,1-7H3,(H,30,32). The number of nitrogens with two attached hydrogens (primary N) is 1. The summed E-state index contributed by atoms with van der Waals surface area (Å²) in [5.41, 5.74) is 7.01. The molecular formula is C27H33N3O7. The van der Waals surface area contributed by atoms with Crippen LogP contribution in [0, 0.1) is 11.3 Å². The molecule has 0 aromatic heterocycles. The van der Waals surface area contributed by atoms with E-state index in [9.17, 15) is 14.9 Å². The predicted octanol–water partition coefficient (Wildman–Crippen LogP) is 3.78. The Balaban J connectivity index is 2.36. The van der Waals surface area contributed by atoms with E-state index in [1.165, 1.54) is 28.4 Å². The molecule has 0 bridgehead atoms. The van der Waals surface area contributed by atoms with Gasteiger partial charge in [0.05, 0.1) is 58.2 Å². The molecule has 1 amide bonds. The Morgan fingerprint density at radius 2 is 1.59 bits per heavy atom. The van der Waals surface area contributed by atoms with Gasteiger partial charge in [0.2, 0.25) is 11.7 Å². The summed E-state index contributed by atoms with van der Waals surface area (Å²) < 4.78 is 26.7. The van der Waals surface area contributed by atoms with E-state index in [1.54, 1.807) is 57.2 Å². The summed E-state index contributed by atoms with van der Waals surface area (Å²) in [5.74, 6) is 0.419. The number of esters is 1. The van der Waals surface area contributed by atoms with Crippen molar-refractivity contribution in [3.05, 3.63) is 41.5 Å². The SMILES string of the molecule is COc1ccc(C=C(C#N)c2cc(OC)c(OC)c(OC)c2)cc1NC(=O)C(N)CC(=O)OC(C)(C)C. The van der Waals surface area contributed by atoms with Crippen LogP contribution in [0.15, 0.2) is 30.3 Å². The number of allylic oxidation sites excluding steroid dienone is 1. The van der Waals surface area contributed by atoms with E-state index < -0.39 is 23.5 Å². The van der Waals surface area contributed by atoms with Gasteiger partial charge in [-0.05, 0) is 62.2 Å². The van der Waals surface area contributed by atoms with Gasteiger partial charge in [0.15, 0.2) is 11.5 Å². The normalized spacial score (nSPS) is 12.1. The van der Waals surface area contributed by atoms with Crippen molar-refractivity contribution in [3.63, 3.8) is 0 Å². The van der Waals surface area contributed by atoms with Crippen molar-refractivity contribution in [1.82, 2.24) is 0 Å².